The number of aliphatic hydroxyl groups is 1. The van der Waals surface area contributed by atoms with Gasteiger partial charge in [0.15, 0.2) is 0 Å². The molecule has 1 aromatic rings. The van der Waals surface area contributed by atoms with E-state index in [4.69, 9.17) is 10.5 Å². The Labute approximate surface area is 174 Å². The quantitative estimate of drug-likeness (QED) is 0.552. The van der Waals surface area contributed by atoms with Crippen molar-refractivity contribution in [3.63, 3.8) is 0 Å². The van der Waals surface area contributed by atoms with E-state index in [1.165, 1.54) is 19.3 Å². The normalized spacial score (nSPS) is 18.1. The number of nitrogens with two attached hydrogens (primary N) is 1. The van der Waals surface area contributed by atoms with Crippen molar-refractivity contribution in [2.75, 3.05) is 0 Å². The van der Waals surface area contributed by atoms with Crippen LogP contribution < -0.4 is 11.1 Å². The molecule has 6 heteroatoms. The second kappa shape index (κ2) is 11.8. The summed E-state index contributed by atoms with van der Waals surface area (Å²) in [5, 5.41) is 13.7. The minimum Gasteiger partial charge on any atom is -0.445 e. The standard InChI is InChI=1S/C23H36N2O4/c1-16(2)19(22(24)27)14-21(26)20(13-17-9-5-3-6-10-17)25-23(28)29-15-18-11-7-4-8-12-18/h4,7-8,11-12,16-17,19-21,26H,3,5-6,9-10,13-15H2,1-2H3,(H2,24,27)(H,25,28)/t19-,20-,21-/m0/s1. The second-order valence-corrected chi connectivity index (χ2v) is 8.61. The average molecular weight is 405 g/mol. The summed E-state index contributed by atoms with van der Waals surface area (Å²) in [6.07, 6.45) is 5.35. The number of hydrogen-bond acceptors (Lipinski definition) is 4. The highest BCUT2D eigenvalue weighted by molar-refractivity contribution is 5.77. The van der Waals surface area contributed by atoms with E-state index in [2.05, 4.69) is 5.32 Å². The Hall–Kier alpha value is -2.08. The molecule has 1 aliphatic rings. The lowest BCUT2D eigenvalue weighted by Gasteiger charge is -2.31. The SMILES string of the molecule is CC(C)[C@H](C[C@H](O)[C@H](CC1CCCCC1)NC(=O)OCc1ccccc1)C(N)=O. The van der Waals surface area contributed by atoms with Crippen molar-refractivity contribution in [1.29, 1.82) is 0 Å². The molecule has 2 rings (SSSR count). The monoisotopic (exact) mass is 404 g/mol. The Morgan fingerprint density at radius 2 is 1.83 bits per heavy atom. The lowest BCUT2D eigenvalue weighted by Crippen LogP contribution is -2.47. The first-order valence-corrected chi connectivity index (χ1v) is 10.8. The van der Waals surface area contributed by atoms with Gasteiger partial charge < -0.3 is 20.9 Å². The summed E-state index contributed by atoms with van der Waals surface area (Å²) in [6.45, 7) is 4.01. The molecule has 0 heterocycles. The summed E-state index contributed by atoms with van der Waals surface area (Å²) in [7, 11) is 0. The third kappa shape index (κ3) is 8.05. The summed E-state index contributed by atoms with van der Waals surface area (Å²) in [5.74, 6) is -0.352. The number of aliphatic hydroxyl groups excluding tert-OH is 1. The summed E-state index contributed by atoms with van der Waals surface area (Å²) >= 11 is 0. The number of ether oxygens (including phenoxy) is 1. The van der Waals surface area contributed by atoms with Crippen LogP contribution in [0.25, 0.3) is 0 Å². The molecule has 1 saturated carbocycles. The number of nitrogens with one attached hydrogen (secondary N) is 1. The highest BCUT2D eigenvalue weighted by Crippen LogP contribution is 2.29. The van der Waals surface area contributed by atoms with E-state index >= 15 is 0 Å². The fourth-order valence-corrected chi connectivity index (χ4v) is 4.15. The fourth-order valence-electron chi connectivity index (χ4n) is 4.15. The molecule has 0 bridgehead atoms. The summed E-state index contributed by atoms with van der Waals surface area (Å²) in [4.78, 5) is 24.2. The van der Waals surface area contributed by atoms with E-state index < -0.39 is 30.1 Å². The first kappa shape index (κ1) is 23.2. The van der Waals surface area contributed by atoms with Crippen LogP contribution in [0.3, 0.4) is 0 Å². The Morgan fingerprint density at radius 3 is 2.41 bits per heavy atom. The minimum atomic E-state index is -0.846. The minimum absolute atomic E-state index is 0.0301. The van der Waals surface area contributed by atoms with Crippen LogP contribution in [-0.2, 0) is 16.1 Å². The van der Waals surface area contributed by atoms with Gasteiger partial charge in [0.1, 0.15) is 6.61 Å². The van der Waals surface area contributed by atoms with E-state index in [9.17, 15) is 14.7 Å². The molecular formula is C23H36N2O4. The van der Waals surface area contributed by atoms with Gasteiger partial charge in [-0.2, -0.15) is 0 Å². The van der Waals surface area contributed by atoms with E-state index in [1.54, 1.807) is 0 Å². The van der Waals surface area contributed by atoms with Gasteiger partial charge in [0.05, 0.1) is 12.1 Å². The zero-order chi connectivity index (χ0) is 21.2. The summed E-state index contributed by atoms with van der Waals surface area (Å²) in [5.41, 5.74) is 6.42. The van der Waals surface area contributed by atoms with Crippen LogP contribution >= 0.6 is 0 Å². The maximum Gasteiger partial charge on any atom is 0.407 e. The Morgan fingerprint density at radius 1 is 1.17 bits per heavy atom. The smallest absolute Gasteiger partial charge is 0.407 e. The number of alkyl carbamates (subject to hydrolysis) is 1. The molecule has 162 valence electrons. The van der Waals surface area contributed by atoms with Gasteiger partial charge in [-0.15, -0.1) is 0 Å². The van der Waals surface area contributed by atoms with Crippen molar-refractivity contribution in [3.05, 3.63) is 35.9 Å². The molecule has 0 spiro atoms. The van der Waals surface area contributed by atoms with Crippen molar-refractivity contribution < 1.29 is 19.4 Å². The lowest BCUT2D eigenvalue weighted by molar-refractivity contribution is -0.124. The van der Waals surface area contributed by atoms with Gasteiger partial charge in [-0.1, -0.05) is 76.3 Å². The highest BCUT2D eigenvalue weighted by Gasteiger charge is 2.31. The molecule has 0 aromatic heterocycles. The number of carbonyl (C=O) groups is 2. The second-order valence-electron chi connectivity index (χ2n) is 8.61. The summed E-state index contributed by atoms with van der Waals surface area (Å²) < 4.78 is 5.35. The van der Waals surface area contributed by atoms with Gasteiger partial charge in [-0.05, 0) is 30.2 Å². The molecule has 1 fully saturated rings. The fraction of sp³-hybridized carbons (Fsp3) is 0.652. The average Bonchev–Trinajstić information content (AvgIpc) is 2.71. The Kier molecular flexibility index (Phi) is 9.45. The van der Waals surface area contributed by atoms with E-state index in [0.29, 0.717) is 12.3 Å². The summed E-state index contributed by atoms with van der Waals surface area (Å²) in [6, 6.07) is 9.01. The van der Waals surface area contributed by atoms with E-state index in [0.717, 1.165) is 18.4 Å². The molecule has 0 unspecified atom stereocenters. The Balaban J connectivity index is 1.98. The third-order valence-electron chi connectivity index (χ3n) is 5.96. The molecule has 29 heavy (non-hydrogen) atoms. The van der Waals surface area contributed by atoms with Gasteiger partial charge in [-0.3, -0.25) is 4.79 Å². The molecule has 6 nitrogen and oxygen atoms in total. The number of hydrogen-bond donors (Lipinski definition) is 3. The first-order chi connectivity index (χ1) is 13.9. The van der Waals surface area contributed by atoms with Gasteiger partial charge in [0, 0.05) is 5.92 Å². The molecule has 1 aromatic carbocycles. The number of rotatable bonds is 10. The first-order valence-electron chi connectivity index (χ1n) is 10.8. The number of benzene rings is 1. The zero-order valence-corrected chi connectivity index (χ0v) is 17.7. The molecule has 1 aliphatic carbocycles. The number of carbonyl (C=O) groups excluding carboxylic acids is 2. The predicted molar refractivity (Wildman–Crippen MR) is 113 cm³/mol. The van der Waals surface area contributed by atoms with Crippen molar-refractivity contribution in [3.8, 4) is 0 Å². The molecule has 3 atom stereocenters. The van der Waals surface area contributed by atoms with Gasteiger partial charge in [0.2, 0.25) is 5.91 Å². The molecule has 2 amide bonds. The molecule has 4 N–H and O–H groups in total. The van der Waals surface area contributed by atoms with Crippen LogP contribution in [0.1, 0.15) is 64.4 Å². The maximum atomic E-state index is 12.4. The van der Waals surface area contributed by atoms with Gasteiger partial charge in [-0.25, -0.2) is 4.79 Å². The molecule has 0 radical (unpaired) electrons. The van der Waals surface area contributed by atoms with Crippen LogP contribution in [0.15, 0.2) is 30.3 Å². The lowest BCUT2D eigenvalue weighted by atomic mass is 9.81. The predicted octanol–water partition coefficient (Wildman–Crippen LogP) is 3.76. The van der Waals surface area contributed by atoms with Crippen LogP contribution in [-0.4, -0.2) is 29.3 Å². The van der Waals surface area contributed by atoms with Crippen molar-refractivity contribution in [2.45, 2.75) is 77.5 Å². The molecule has 0 aliphatic heterocycles. The van der Waals surface area contributed by atoms with Crippen molar-refractivity contribution in [1.82, 2.24) is 5.32 Å². The van der Waals surface area contributed by atoms with E-state index in [1.807, 2.05) is 44.2 Å². The third-order valence-corrected chi connectivity index (χ3v) is 5.96. The van der Waals surface area contributed by atoms with Crippen molar-refractivity contribution >= 4 is 12.0 Å². The van der Waals surface area contributed by atoms with Crippen LogP contribution in [0.2, 0.25) is 0 Å². The van der Waals surface area contributed by atoms with Gasteiger partial charge in [0.25, 0.3) is 0 Å². The van der Waals surface area contributed by atoms with Crippen LogP contribution in [0, 0.1) is 17.8 Å². The topological polar surface area (TPSA) is 102 Å². The van der Waals surface area contributed by atoms with Gasteiger partial charge >= 0.3 is 6.09 Å². The zero-order valence-electron chi connectivity index (χ0n) is 17.7. The van der Waals surface area contributed by atoms with E-state index in [-0.39, 0.29) is 18.9 Å². The van der Waals surface area contributed by atoms with Crippen LogP contribution in [0.5, 0.6) is 0 Å². The van der Waals surface area contributed by atoms with Crippen molar-refractivity contribution in [2.24, 2.45) is 23.5 Å². The number of primary amides is 1. The molecular weight excluding hydrogens is 368 g/mol. The largest absolute Gasteiger partial charge is 0.445 e. The van der Waals surface area contributed by atoms with Crippen LogP contribution in [0.4, 0.5) is 4.79 Å². The Bertz CT molecular complexity index is 629. The molecule has 0 saturated heterocycles. The number of amides is 2. The highest BCUT2D eigenvalue weighted by atomic mass is 16.5. The maximum absolute atomic E-state index is 12.4.